The van der Waals surface area contributed by atoms with Gasteiger partial charge in [-0.2, -0.15) is 0 Å². The molecule has 1 aliphatic rings. The molecular formula is C20H35IN4O2. The maximum absolute atomic E-state index is 5.38. The lowest BCUT2D eigenvalue weighted by Gasteiger charge is -2.26. The third kappa shape index (κ3) is 10.2. The van der Waals surface area contributed by atoms with Crippen LogP contribution in [0, 0.1) is 0 Å². The molecule has 0 spiro atoms. The highest BCUT2D eigenvalue weighted by atomic mass is 127. The van der Waals surface area contributed by atoms with Crippen LogP contribution in [-0.4, -0.2) is 70.5 Å². The molecule has 1 aromatic carbocycles. The molecule has 7 heteroatoms. The van der Waals surface area contributed by atoms with Crippen molar-refractivity contribution in [1.82, 2.24) is 15.5 Å². The molecule has 154 valence electrons. The quantitative estimate of drug-likeness (QED) is 0.229. The van der Waals surface area contributed by atoms with E-state index in [1.54, 1.807) is 7.11 Å². The van der Waals surface area contributed by atoms with Gasteiger partial charge in [0.15, 0.2) is 5.96 Å². The molecule has 0 saturated carbocycles. The summed E-state index contributed by atoms with van der Waals surface area (Å²) in [5, 5.41) is 6.76. The third-order valence-electron chi connectivity index (χ3n) is 4.44. The SMILES string of the molecule is CCNC(=NCCCc1ccc(OC)cc1)NCCCN1CCOCC1.I. The second kappa shape index (κ2) is 14.9. The number of aliphatic imine (C=N–C) groups is 1. The summed E-state index contributed by atoms with van der Waals surface area (Å²) in [4.78, 5) is 7.15. The van der Waals surface area contributed by atoms with E-state index in [0.717, 1.165) is 83.5 Å². The highest BCUT2D eigenvalue weighted by Gasteiger charge is 2.09. The van der Waals surface area contributed by atoms with Crippen LogP contribution in [0.3, 0.4) is 0 Å². The van der Waals surface area contributed by atoms with Crippen LogP contribution in [0.1, 0.15) is 25.3 Å². The van der Waals surface area contributed by atoms with Crippen LogP contribution < -0.4 is 15.4 Å². The molecule has 0 amide bonds. The standard InChI is InChI=1S/C20H34N4O2.HI/c1-3-21-20(23-12-5-13-24-14-16-26-17-15-24)22-11-4-6-18-7-9-19(25-2)10-8-18;/h7-10H,3-6,11-17H2,1-2H3,(H2,21,22,23);1H. The summed E-state index contributed by atoms with van der Waals surface area (Å²) in [5.41, 5.74) is 1.32. The van der Waals surface area contributed by atoms with Gasteiger partial charge in [0.1, 0.15) is 5.75 Å². The second-order valence-electron chi connectivity index (χ2n) is 6.45. The second-order valence-corrected chi connectivity index (χ2v) is 6.45. The van der Waals surface area contributed by atoms with E-state index < -0.39 is 0 Å². The summed E-state index contributed by atoms with van der Waals surface area (Å²) in [6.45, 7) is 9.71. The van der Waals surface area contributed by atoms with Gasteiger partial charge in [0, 0.05) is 32.7 Å². The van der Waals surface area contributed by atoms with Crippen LogP contribution in [0.25, 0.3) is 0 Å². The van der Waals surface area contributed by atoms with Gasteiger partial charge in [-0.25, -0.2) is 0 Å². The number of halogens is 1. The smallest absolute Gasteiger partial charge is 0.191 e. The fourth-order valence-electron chi connectivity index (χ4n) is 2.94. The fourth-order valence-corrected chi connectivity index (χ4v) is 2.94. The highest BCUT2D eigenvalue weighted by Crippen LogP contribution is 2.12. The minimum absolute atomic E-state index is 0. The van der Waals surface area contributed by atoms with E-state index in [0.29, 0.717) is 0 Å². The predicted molar refractivity (Wildman–Crippen MR) is 123 cm³/mol. The molecule has 1 fully saturated rings. The average Bonchev–Trinajstić information content (AvgIpc) is 2.69. The van der Waals surface area contributed by atoms with Crippen molar-refractivity contribution in [1.29, 1.82) is 0 Å². The number of rotatable bonds is 10. The van der Waals surface area contributed by atoms with Gasteiger partial charge in [-0.3, -0.25) is 9.89 Å². The van der Waals surface area contributed by atoms with Gasteiger partial charge in [-0.1, -0.05) is 12.1 Å². The Morgan fingerprint density at radius 1 is 1.15 bits per heavy atom. The summed E-state index contributed by atoms with van der Waals surface area (Å²) < 4.78 is 10.6. The minimum Gasteiger partial charge on any atom is -0.497 e. The van der Waals surface area contributed by atoms with Gasteiger partial charge >= 0.3 is 0 Å². The number of guanidine groups is 1. The number of nitrogens with one attached hydrogen (secondary N) is 2. The Hall–Kier alpha value is -1.06. The van der Waals surface area contributed by atoms with E-state index in [-0.39, 0.29) is 24.0 Å². The molecule has 0 aromatic heterocycles. The molecule has 1 saturated heterocycles. The van der Waals surface area contributed by atoms with E-state index in [1.165, 1.54) is 5.56 Å². The van der Waals surface area contributed by atoms with Crippen LogP contribution in [0.4, 0.5) is 0 Å². The van der Waals surface area contributed by atoms with E-state index in [1.807, 2.05) is 12.1 Å². The van der Waals surface area contributed by atoms with Crippen LogP contribution in [0.5, 0.6) is 5.75 Å². The zero-order valence-corrected chi connectivity index (χ0v) is 19.0. The van der Waals surface area contributed by atoms with Gasteiger partial charge in [-0.05, 0) is 50.4 Å². The van der Waals surface area contributed by atoms with Crippen LogP contribution >= 0.6 is 24.0 Å². The van der Waals surface area contributed by atoms with Crippen molar-refractivity contribution in [3.8, 4) is 5.75 Å². The van der Waals surface area contributed by atoms with Crippen molar-refractivity contribution >= 4 is 29.9 Å². The number of morpholine rings is 1. The lowest BCUT2D eigenvalue weighted by molar-refractivity contribution is 0.0376. The molecule has 0 radical (unpaired) electrons. The molecule has 0 unspecified atom stereocenters. The highest BCUT2D eigenvalue weighted by molar-refractivity contribution is 14.0. The van der Waals surface area contributed by atoms with Crippen molar-refractivity contribution in [2.24, 2.45) is 4.99 Å². The van der Waals surface area contributed by atoms with Crippen molar-refractivity contribution in [2.75, 3.05) is 59.6 Å². The molecule has 1 aromatic rings. The first kappa shape index (κ1) is 24.0. The molecule has 2 rings (SSSR count). The Bertz CT molecular complexity index is 519. The summed E-state index contributed by atoms with van der Waals surface area (Å²) in [6.07, 6.45) is 3.19. The molecule has 0 atom stereocenters. The van der Waals surface area contributed by atoms with Crippen molar-refractivity contribution in [3.63, 3.8) is 0 Å². The Balaban J connectivity index is 0.00000364. The zero-order valence-electron chi connectivity index (χ0n) is 16.7. The predicted octanol–water partition coefficient (Wildman–Crippen LogP) is 2.52. The summed E-state index contributed by atoms with van der Waals surface area (Å²) in [6, 6.07) is 8.27. The fraction of sp³-hybridized carbons (Fsp3) is 0.650. The molecule has 27 heavy (non-hydrogen) atoms. The molecule has 2 N–H and O–H groups in total. The Labute approximate surface area is 181 Å². The molecule has 1 heterocycles. The first-order valence-electron chi connectivity index (χ1n) is 9.77. The van der Waals surface area contributed by atoms with Gasteiger partial charge in [0.25, 0.3) is 0 Å². The van der Waals surface area contributed by atoms with E-state index in [4.69, 9.17) is 9.47 Å². The van der Waals surface area contributed by atoms with Crippen LogP contribution in [0.2, 0.25) is 0 Å². The Morgan fingerprint density at radius 3 is 2.56 bits per heavy atom. The van der Waals surface area contributed by atoms with Gasteiger partial charge in [0.05, 0.1) is 20.3 Å². The third-order valence-corrected chi connectivity index (χ3v) is 4.44. The van der Waals surface area contributed by atoms with Crippen LogP contribution in [-0.2, 0) is 11.2 Å². The van der Waals surface area contributed by atoms with E-state index >= 15 is 0 Å². The molecule has 1 aliphatic heterocycles. The minimum atomic E-state index is 0. The zero-order chi connectivity index (χ0) is 18.5. The number of hydrogen-bond donors (Lipinski definition) is 2. The number of nitrogens with zero attached hydrogens (tertiary/aromatic N) is 2. The normalized spacial score (nSPS) is 15.1. The molecule has 0 aliphatic carbocycles. The van der Waals surface area contributed by atoms with Gasteiger partial charge in [0.2, 0.25) is 0 Å². The maximum Gasteiger partial charge on any atom is 0.191 e. The Morgan fingerprint density at radius 2 is 1.89 bits per heavy atom. The summed E-state index contributed by atoms with van der Waals surface area (Å²) >= 11 is 0. The number of hydrogen-bond acceptors (Lipinski definition) is 4. The number of ether oxygens (including phenoxy) is 2. The van der Waals surface area contributed by atoms with E-state index in [2.05, 4.69) is 39.6 Å². The largest absolute Gasteiger partial charge is 0.497 e. The summed E-state index contributed by atoms with van der Waals surface area (Å²) in [7, 11) is 1.69. The lowest BCUT2D eigenvalue weighted by atomic mass is 10.1. The van der Waals surface area contributed by atoms with Gasteiger partial charge in [-0.15, -0.1) is 24.0 Å². The Kier molecular flexibility index (Phi) is 13.3. The maximum atomic E-state index is 5.38. The monoisotopic (exact) mass is 490 g/mol. The van der Waals surface area contributed by atoms with Crippen LogP contribution in [0.15, 0.2) is 29.3 Å². The number of aryl methyl sites for hydroxylation is 1. The van der Waals surface area contributed by atoms with E-state index in [9.17, 15) is 0 Å². The van der Waals surface area contributed by atoms with Crippen molar-refractivity contribution in [2.45, 2.75) is 26.2 Å². The van der Waals surface area contributed by atoms with Gasteiger partial charge < -0.3 is 20.1 Å². The lowest BCUT2D eigenvalue weighted by Crippen LogP contribution is -2.40. The molecular weight excluding hydrogens is 455 g/mol. The first-order valence-corrected chi connectivity index (χ1v) is 9.77. The topological polar surface area (TPSA) is 58.1 Å². The molecule has 0 bridgehead atoms. The van der Waals surface area contributed by atoms with Crippen molar-refractivity contribution in [3.05, 3.63) is 29.8 Å². The summed E-state index contributed by atoms with van der Waals surface area (Å²) in [5.74, 6) is 1.83. The van der Waals surface area contributed by atoms with Crippen molar-refractivity contribution < 1.29 is 9.47 Å². The number of methoxy groups -OCH3 is 1. The average molecular weight is 490 g/mol. The molecule has 6 nitrogen and oxygen atoms in total. The number of benzene rings is 1. The first-order chi connectivity index (χ1) is 12.8.